The Morgan fingerprint density at radius 1 is 1.07 bits per heavy atom. The van der Waals surface area contributed by atoms with Crippen molar-refractivity contribution in [3.63, 3.8) is 0 Å². The molecule has 0 aromatic heterocycles. The first kappa shape index (κ1) is 19.2. The Kier molecular flexibility index (Phi) is 6.11. The summed E-state index contributed by atoms with van der Waals surface area (Å²) in [5.74, 6) is -0.0298. The minimum Gasteiger partial charge on any atom is -0.493 e. The quantitative estimate of drug-likeness (QED) is 0.734. The molecule has 2 aromatic carbocycles. The molecule has 1 aliphatic rings. The van der Waals surface area contributed by atoms with Gasteiger partial charge in [0, 0.05) is 0 Å². The van der Waals surface area contributed by atoms with Crippen LogP contribution in [-0.2, 0) is 14.4 Å². The van der Waals surface area contributed by atoms with Crippen molar-refractivity contribution in [2.24, 2.45) is 0 Å². The summed E-state index contributed by atoms with van der Waals surface area (Å²) in [6.07, 6.45) is 0.0769. The summed E-state index contributed by atoms with van der Waals surface area (Å²) in [5, 5.41) is 0. The van der Waals surface area contributed by atoms with Crippen molar-refractivity contribution in [2.75, 3.05) is 24.7 Å². The van der Waals surface area contributed by atoms with Gasteiger partial charge in [0.1, 0.15) is 18.0 Å². The van der Waals surface area contributed by atoms with E-state index in [9.17, 15) is 14.4 Å². The SMILES string of the molecule is Cc1ccc(OCCC(=O)NNC(=O)CN2C(=O)COc3ccccc32)cc1. The second-order valence-corrected chi connectivity index (χ2v) is 6.24. The van der Waals surface area contributed by atoms with E-state index in [-0.39, 0.29) is 32.1 Å². The van der Waals surface area contributed by atoms with E-state index in [1.54, 1.807) is 24.3 Å². The lowest BCUT2D eigenvalue weighted by Gasteiger charge is -2.28. The fraction of sp³-hybridized carbons (Fsp3) is 0.250. The monoisotopic (exact) mass is 383 g/mol. The molecule has 8 nitrogen and oxygen atoms in total. The smallest absolute Gasteiger partial charge is 0.265 e. The van der Waals surface area contributed by atoms with Crippen molar-refractivity contribution in [3.05, 3.63) is 54.1 Å². The number of aryl methyl sites for hydroxylation is 1. The number of nitrogens with zero attached hydrogens (tertiary/aromatic N) is 1. The lowest BCUT2D eigenvalue weighted by Crippen LogP contribution is -2.49. The first-order chi connectivity index (χ1) is 13.5. The standard InChI is InChI=1S/C20H21N3O5/c1-14-6-8-15(9-7-14)27-11-10-18(24)21-22-19(25)12-23-16-4-2-3-5-17(16)28-13-20(23)26/h2-9H,10-13H2,1H3,(H,21,24)(H,22,25). The van der Waals surface area contributed by atoms with Crippen LogP contribution >= 0.6 is 0 Å². The topological polar surface area (TPSA) is 97.0 Å². The van der Waals surface area contributed by atoms with E-state index in [1.807, 2.05) is 31.2 Å². The molecule has 146 valence electrons. The van der Waals surface area contributed by atoms with Gasteiger partial charge in [0.2, 0.25) is 5.91 Å². The van der Waals surface area contributed by atoms with Crippen LogP contribution in [0.25, 0.3) is 0 Å². The number of ether oxygens (including phenoxy) is 2. The van der Waals surface area contributed by atoms with Crippen LogP contribution in [0.4, 0.5) is 5.69 Å². The Morgan fingerprint density at radius 2 is 1.79 bits per heavy atom. The summed E-state index contributed by atoms with van der Waals surface area (Å²) in [6.45, 7) is 1.80. The molecule has 28 heavy (non-hydrogen) atoms. The molecule has 0 saturated carbocycles. The molecule has 0 unspecified atom stereocenters. The van der Waals surface area contributed by atoms with Gasteiger partial charge in [-0.2, -0.15) is 0 Å². The Hall–Kier alpha value is -3.55. The Morgan fingerprint density at radius 3 is 2.57 bits per heavy atom. The zero-order valence-electron chi connectivity index (χ0n) is 15.4. The summed E-state index contributed by atoms with van der Waals surface area (Å²) in [5.41, 5.74) is 6.27. The van der Waals surface area contributed by atoms with E-state index < -0.39 is 11.8 Å². The number of nitrogens with one attached hydrogen (secondary N) is 2. The van der Waals surface area contributed by atoms with Crippen molar-refractivity contribution < 1.29 is 23.9 Å². The number of fused-ring (bicyclic) bond motifs is 1. The highest BCUT2D eigenvalue weighted by Crippen LogP contribution is 2.31. The number of hydrogen-bond acceptors (Lipinski definition) is 5. The number of hydrazine groups is 1. The Labute approximate surface area is 162 Å². The molecule has 0 saturated heterocycles. The van der Waals surface area contributed by atoms with Gasteiger partial charge in [-0.3, -0.25) is 30.1 Å². The molecule has 0 bridgehead atoms. The molecular formula is C20H21N3O5. The summed E-state index contributed by atoms with van der Waals surface area (Å²) in [6, 6.07) is 14.4. The molecule has 8 heteroatoms. The summed E-state index contributed by atoms with van der Waals surface area (Å²) in [4.78, 5) is 37.3. The van der Waals surface area contributed by atoms with E-state index in [1.165, 1.54) is 4.90 Å². The summed E-state index contributed by atoms with van der Waals surface area (Å²) < 4.78 is 10.8. The van der Waals surface area contributed by atoms with Gasteiger partial charge in [-0.15, -0.1) is 0 Å². The summed E-state index contributed by atoms with van der Waals surface area (Å²) in [7, 11) is 0. The van der Waals surface area contributed by atoms with Gasteiger partial charge in [-0.1, -0.05) is 29.8 Å². The second-order valence-electron chi connectivity index (χ2n) is 6.24. The fourth-order valence-electron chi connectivity index (χ4n) is 2.61. The number of hydrogen-bond donors (Lipinski definition) is 2. The zero-order valence-corrected chi connectivity index (χ0v) is 15.4. The molecule has 3 rings (SSSR count). The second kappa shape index (κ2) is 8.90. The van der Waals surface area contributed by atoms with E-state index >= 15 is 0 Å². The van der Waals surface area contributed by atoms with Crippen LogP contribution in [0.2, 0.25) is 0 Å². The molecule has 0 fully saturated rings. The number of rotatable bonds is 6. The largest absolute Gasteiger partial charge is 0.493 e. The van der Waals surface area contributed by atoms with E-state index in [2.05, 4.69) is 10.9 Å². The molecule has 0 radical (unpaired) electrons. The predicted molar refractivity (Wildman–Crippen MR) is 102 cm³/mol. The number of para-hydroxylation sites is 2. The third kappa shape index (κ3) is 5.00. The molecule has 0 atom stereocenters. The normalized spacial score (nSPS) is 12.6. The molecule has 0 aliphatic carbocycles. The maximum Gasteiger partial charge on any atom is 0.265 e. The summed E-state index contributed by atoms with van der Waals surface area (Å²) >= 11 is 0. The Bertz CT molecular complexity index is 866. The molecule has 1 heterocycles. The van der Waals surface area contributed by atoms with Gasteiger partial charge in [0.25, 0.3) is 11.8 Å². The number of amides is 3. The van der Waals surface area contributed by atoms with E-state index in [0.29, 0.717) is 17.2 Å². The van der Waals surface area contributed by atoms with Gasteiger partial charge in [-0.25, -0.2) is 0 Å². The molecule has 1 aliphatic heterocycles. The van der Waals surface area contributed by atoms with Crippen LogP contribution < -0.4 is 25.2 Å². The van der Waals surface area contributed by atoms with Crippen molar-refractivity contribution in [1.82, 2.24) is 10.9 Å². The number of carbonyl (C=O) groups is 3. The van der Waals surface area contributed by atoms with Crippen LogP contribution in [0.1, 0.15) is 12.0 Å². The zero-order chi connectivity index (χ0) is 19.9. The van der Waals surface area contributed by atoms with Crippen LogP contribution in [0.3, 0.4) is 0 Å². The number of anilines is 1. The van der Waals surface area contributed by atoms with Gasteiger partial charge in [-0.05, 0) is 31.2 Å². The minimum absolute atomic E-state index is 0.0769. The van der Waals surface area contributed by atoms with E-state index in [4.69, 9.17) is 9.47 Å². The van der Waals surface area contributed by atoms with E-state index in [0.717, 1.165) is 5.56 Å². The minimum atomic E-state index is -0.516. The van der Waals surface area contributed by atoms with Gasteiger partial charge >= 0.3 is 0 Å². The molecule has 2 N–H and O–H groups in total. The number of carbonyl (C=O) groups excluding carboxylic acids is 3. The van der Waals surface area contributed by atoms with Gasteiger partial charge in [0.15, 0.2) is 6.61 Å². The van der Waals surface area contributed by atoms with Crippen LogP contribution in [-0.4, -0.2) is 37.5 Å². The lowest BCUT2D eigenvalue weighted by atomic mass is 10.2. The maximum atomic E-state index is 12.1. The van der Waals surface area contributed by atoms with Crippen LogP contribution in [0.5, 0.6) is 11.5 Å². The maximum absolute atomic E-state index is 12.1. The first-order valence-corrected chi connectivity index (χ1v) is 8.82. The van der Waals surface area contributed by atoms with Crippen LogP contribution in [0, 0.1) is 6.92 Å². The highest BCUT2D eigenvalue weighted by molar-refractivity contribution is 6.02. The molecular weight excluding hydrogens is 362 g/mol. The van der Waals surface area contributed by atoms with Gasteiger partial charge < -0.3 is 9.47 Å². The van der Waals surface area contributed by atoms with Crippen LogP contribution in [0.15, 0.2) is 48.5 Å². The van der Waals surface area contributed by atoms with Crippen molar-refractivity contribution >= 4 is 23.4 Å². The predicted octanol–water partition coefficient (Wildman–Crippen LogP) is 1.34. The molecule has 0 spiro atoms. The lowest BCUT2D eigenvalue weighted by molar-refractivity contribution is -0.129. The highest BCUT2D eigenvalue weighted by Gasteiger charge is 2.26. The first-order valence-electron chi connectivity index (χ1n) is 8.82. The van der Waals surface area contributed by atoms with Gasteiger partial charge in [0.05, 0.1) is 18.7 Å². The Balaban J connectivity index is 1.42. The van der Waals surface area contributed by atoms with Crippen molar-refractivity contribution in [3.8, 4) is 11.5 Å². The average Bonchev–Trinajstić information content (AvgIpc) is 2.70. The highest BCUT2D eigenvalue weighted by atomic mass is 16.5. The van der Waals surface area contributed by atoms with Crippen molar-refractivity contribution in [1.29, 1.82) is 0 Å². The third-order valence-corrected chi connectivity index (χ3v) is 4.07. The van der Waals surface area contributed by atoms with Crippen molar-refractivity contribution in [2.45, 2.75) is 13.3 Å². The average molecular weight is 383 g/mol. The molecule has 3 amide bonds. The fourth-order valence-corrected chi connectivity index (χ4v) is 2.61. The number of benzene rings is 2. The molecule has 2 aromatic rings. The third-order valence-electron chi connectivity index (χ3n) is 4.07.